The van der Waals surface area contributed by atoms with Gasteiger partial charge in [-0.05, 0) is 6.92 Å². The first-order chi connectivity index (χ1) is 7.99. The number of hydrogen-bond acceptors (Lipinski definition) is 4. The molecule has 0 bridgehead atoms. The van der Waals surface area contributed by atoms with E-state index in [-0.39, 0.29) is 11.4 Å². The lowest BCUT2D eigenvalue weighted by Crippen LogP contribution is -2.32. The summed E-state index contributed by atoms with van der Waals surface area (Å²) in [5, 5.41) is 2.36. The predicted octanol–water partition coefficient (Wildman–Crippen LogP) is 1.13. The van der Waals surface area contributed by atoms with Gasteiger partial charge in [0.25, 0.3) is 0 Å². The normalized spacial score (nSPS) is 11.8. The molecule has 1 atom stereocenters. The Bertz CT molecular complexity index is 421. The van der Waals surface area contributed by atoms with Crippen LogP contribution in [-0.4, -0.2) is 26.2 Å². The fourth-order valence-corrected chi connectivity index (χ4v) is 1.20. The molecule has 0 saturated heterocycles. The maximum Gasteiger partial charge on any atom is 0.241 e. The summed E-state index contributed by atoms with van der Waals surface area (Å²) in [5.41, 5.74) is 5.37. The largest absolute Gasteiger partial charge is 0.493 e. The van der Waals surface area contributed by atoms with Gasteiger partial charge in [-0.1, -0.05) is 0 Å². The maximum atomic E-state index is 13.6. The number of ether oxygens (including phenoxy) is 2. The molecule has 5 nitrogen and oxygen atoms in total. The Balaban J connectivity index is 3.04. The van der Waals surface area contributed by atoms with Crippen molar-refractivity contribution in [2.24, 2.45) is 5.73 Å². The van der Waals surface area contributed by atoms with E-state index in [2.05, 4.69) is 5.32 Å². The lowest BCUT2D eigenvalue weighted by Gasteiger charge is -2.12. The fraction of sp³-hybridized carbons (Fsp3) is 0.364. The second kappa shape index (κ2) is 5.49. The lowest BCUT2D eigenvalue weighted by molar-refractivity contribution is -0.117. The third kappa shape index (κ3) is 3.07. The molecule has 0 saturated carbocycles. The zero-order valence-corrected chi connectivity index (χ0v) is 9.91. The number of nitrogens with two attached hydrogens (primary N) is 1. The van der Waals surface area contributed by atoms with Gasteiger partial charge in [-0.3, -0.25) is 4.79 Å². The highest BCUT2D eigenvalue weighted by Gasteiger charge is 2.14. The molecule has 0 aromatic heterocycles. The van der Waals surface area contributed by atoms with E-state index in [0.717, 1.165) is 6.07 Å². The third-order valence-electron chi connectivity index (χ3n) is 2.14. The van der Waals surface area contributed by atoms with Gasteiger partial charge in [0.15, 0.2) is 17.3 Å². The molecule has 0 unspecified atom stereocenters. The summed E-state index contributed by atoms with van der Waals surface area (Å²) in [7, 11) is 2.82. The van der Waals surface area contributed by atoms with Crippen LogP contribution in [0.2, 0.25) is 0 Å². The molecule has 1 aromatic rings. The van der Waals surface area contributed by atoms with Crippen LogP contribution in [0.5, 0.6) is 11.5 Å². The van der Waals surface area contributed by atoms with Crippen molar-refractivity contribution < 1.29 is 18.7 Å². The minimum atomic E-state index is -0.720. The van der Waals surface area contributed by atoms with Gasteiger partial charge >= 0.3 is 0 Å². The van der Waals surface area contributed by atoms with Gasteiger partial charge in [-0.2, -0.15) is 0 Å². The van der Waals surface area contributed by atoms with Gasteiger partial charge in [0.05, 0.1) is 25.9 Å². The fourth-order valence-electron chi connectivity index (χ4n) is 1.20. The molecule has 0 fully saturated rings. The van der Waals surface area contributed by atoms with Gasteiger partial charge in [0.2, 0.25) is 5.91 Å². The number of amides is 1. The second-order valence-electron chi connectivity index (χ2n) is 3.46. The number of methoxy groups -OCH3 is 2. The van der Waals surface area contributed by atoms with E-state index in [9.17, 15) is 9.18 Å². The number of carbonyl (C=O) groups is 1. The molecule has 0 aliphatic heterocycles. The average Bonchev–Trinajstić information content (AvgIpc) is 2.30. The number of benzene rings is 1. The highest BCUT2D eigenvalue weighted by atomic mass is 19.1. The van der Waals surface area contributed by atoms with Crippen LogP contribution in [0.4, 0.5) is 10.1 Å². The molecule has 1 amide bonds. The monoisotopic (exact) mass is 242 g/mol. The van der Waals surface area contributed by atoms with Gasteiger partial charge in [0.1, 0.15) is 0 Å². The molecule has 17 heavy (non-hydrogen) atoms. The zero-order valence-electron chi connectivity index (χ0n) is 9.91. The molecule has 1 aromatic carbocycles. The molecular formula is C11H15FN2O3. The van der Waals surface area contributed by atoms with E-state index >= 15 is 0 Å². The van der Waals surface area contributed by atoms with Crippen molar-refractivity contribution in [2.45, 2.75) is 13.0 Å². The highest BCUT2D eigenvalue weighted by molar-refractivity contribution is 5.94. The van der Waals surface area contributed by atoms with Gasteiger partial charge in [0, 0.05) is 12.1 Å². The number of carbonyl (C=O) groups excluding carboxylic acids is 1. The van der Waals surface area contributed by atoms with Crippen LogP contribution in [0.1, 0.15) is 6.92 Å². The van der Waals surface area contributed by atoms with Crippen molar-refractivity contribution in [3.05, 3.63) is 17.9 Å². The van der Waals surface area contributed by atoms with Crippen LogP contribution in [0.25, 0.3) is 0 Å². The molecule has 1 rings (SSSR count). The summed E-state index contributed by atoms with van der Waals surface area (Å²) in [6, 6.07) is 1.76. The SMILES string of the molecule is COc1cc(F)c(NC(=O)[C@H](C)N)cc1OC. The molecule has 0 heterocycles. The Morgan fingerprint density at radius 3 is 2.35 bits per heavy atom. The Morgan fingerprint density at radius 2 is 1.88 bits per heavy atom. The summed E-state index contributed by atoms with van der Waals surface area (Å²) < 4.78 is 23.5. The van der Waals surface area contributed by atoms with Crippen molar-refractivity contribution in [2.75, 3.05) is 19.5 Å². The summed E-state index contributed by atoms with van der Waals surface area (Å²) >= 11 is 0. The molecule has 0 radical (unpaired) electrons. The molecule has 0 spiro atoms. The number of nitrogens with one attached hydrogen (secondary N) is 1. The van der Waals surface area contributed by atoms with Crippen molar-refractivity contribution >= 4 is 11.6 Å². The maximum absolute atomic E-state index is 13.6. The smallest absolute Gasteiger partial charge is 0.241 e. The standard InChI is InChI=1S/C11H15FN2O3/c1-6(13)11(15)14-8-5-10(17-3)9(16-2)4-7(8)12/h4-6H,13H2,1-3H3,(H,14,15)/t6-/m0/s1. The first kappa shape index (κ1) is 13.2. The Morgan fingerprint density at radius 1 is 1.35 bits per heavy atom. The summed E-state index contributed by atoms with van der Waals surface area (Å²) in [4.78, 5) is 11.3. The van der Waals surface area contributed by atoms with E-state index in [1.807, 2.05) is 0 Å². The van der Waals surface area contributed by atoms with E-state index in [1.165, 1.54) is 27.2 Å². The Hall–Kier alpha value is -1.82. The van der Waals surface area contributed by atoms with Crippen molar-refractivity contribution in [3.8, 4) is 11.5 Å². The second-order valence-corrected chi connectivity index (χ2v) is 3.46. The van der Waals surface area contributed by atoms with Crippen LogP contribution in [-0.2, 0) is 4.79 Å². The summed E-state index contributed by atoms with van der Waals surface area (Å²) in [5.74, 6) is -0.509. The Labute approximate surface area is 98.7 Å². The van der Waals surface area contributed by atoms with Gasteiger partial charge in [-0.15, -0.1) is 0 Å². The van der Waals surface area contributed by atoms with Crippen LogP contribution < -0.4 is 20.5 Å². The van der Waals surface area contributed by atoms with E-state index in [1.54, 1.807) is 0 Å². The minimum absolute atomic E-state index is 0.00458. The minimum Gasteiger partial charge on any atom is -0.493 e. The third-order valence-corrected chi connectivity index (χ3v) is 2.14. The molecule has 0 aliphatic rings. The lowest BCUT2D eigenvalue weighted by atomic mass is 10.2. The van der Waals surface area contributed by atoms with Crippen molar-refractivity contribution in [3.63, 3.8) is 0 Å². The first-order valence-corrected chi connectivity index (χ1v) is 4.97. The number of hydrogen-bond donors (Lipinski definition) is 2. The van der Waals surface area contributed by atoms with E-state index < -0.39 is 17.8 Å². The zero-order chi connectivity index (χ0) is 13.0. The number of halogens is 1. The number of anilines is 1. The van der Waals surface area contributed by atoms with Crippen LogP contribution in [0, 0.1) is 5.82 Å². The quantitative estimate of drug-likeness (QED) is 0.830. The molecule has 3 N–H and O–H groups in total. The molecule has 0 aliphatic carbocycles. The highest BCUT2D eigenvalue weighted by Crippen LogP contribution is 2.32. The van der Waals surface area contributed by atoms with Gasteiger partial charge < -0.3 is 20.5 Å². The summed E-state index contributed by atoms with van der Waals surface area (Å²) in [6.45, 7) is 1.51. The van der Waals surface area contributed by atoms with Crippen molar-refractivity contribution in [1.29, 1.82) is 0 Å². The van der Waals surface area contributed by atoms with Crippen molar-refractivity contribution in [1.82, 2.24) is 0 Å². The predicted molar refractivity (Wildman–Crippen MR) is 61.8 cm³/mol. The van der Waals surface area contributed by atoms with Gasteiger partial charge in [-0.25, -0.2) is 4.39 Å². The first-order valence-electron chi connectivity index (χ1n) is 4.97. The van der Waals surface area contributed by atoms with Crippen LogP contribution in [0.3, 0.4) is 0 Å². The molecular weight excluding hydrogens is 227 g/mol. The average molecular weight is 242 g/mol. The topological polar surface area (TPSA) is 73.6 Å². The number of rotatable bonds is 4. The molecule has 94 valence electrons. The molecule has 6 heteroatoms. The summed E-state index contributed by atoms with van der Waals surface area (Å²) in [6.07, 6.45) is 0. The van der Waals surface area contributed by atoms with E-state index in [0.29, 0.717) is 5.75 Å². The Kier molecular flexibility index (Phi) is 4.28. The van der Waals surface area contributed by atoms with E-state index in [4.69, 9.17) is 15.2 Å². The van der Waals surface area contributed by atoms with Crippen LogP contribution >= 0.6 is 0 Å². The van der Waals surface area contributed by atoms with Crippen LogP contribution in [0.15, 0.2) is 12.1 Å².